The number of nitrogens with one attached hydrogen (secondary N) is 3. The Morgan fingerprint density at radius 1 is 1.17 bits per heavy atom. The van der Waals surface area contributed by atoms with Crippen molar-refractivity contribution in [1.29, 1.82) is 0 Å². The molecule has 14 nitrogen and oxygen atoms in total. The predicted octanol–water partition coefficient (Wildman–Crippen LogP) is 3.17. The van der Waals surface area contributed by atoms with Crippen LogP contribution in [0.4, 0.5) is 10.1 Å². The molecule has 3 aliphatic heterocycles. The molecule has 3 unspecified atom stereocenters. The number of amides is 3. The number of aromatic carboxylic acids is 1. The summed E-state index contributed by atoms with van der Waals surface area (Å²) in [6.45, 7) is 0.878. The van der Waals surface area contributed by atoms with E-state index in [1.807, 2.05) is 17.5 Å². The molecule has 1 saturated carbocycles. The van der Waals surface area contributed by atoms with Crippen LogP contribution in [0.2, 0.25) is 5.02 Å². The summed E-state index contributed by atoms with van der Waals surface area (Å²) in [5, 5.41) is 29.4. The van der Waals surface area contributed by atoms with Crippen LogP contribution in [0.1, 0.15) is 40.5 Å². The summed E-state index contributed by atoms with van der Waals surface area (Å²) >= 11 is 16.0. The van der Waals surface area contributed by atoms with Crippen molar-refractivity contribution in [3.8, 4) is 0 Å². The van der Waals surface area contributed by atoms with Gasteiger partial charge < -0.3 is 35.6 Å². The number of pyridine rings is 1. The van der Waals surface area contributed by atoms with Crippen molar-refractivity contribution in [2.24, 2.45) is 0 Å². The summed E-state index contributed by atoms with van der Waals surface area (Å²) < 4.78 is 17.8. The lowest BCUT2D eigenvalue weighted by molar-refractivity contribution is -0.150. The smallest absolute Gasteiger partial charge is 0.352 e. The lowest BCUT2D eigenvalue weighted by Gasteiger charge is -2.49. The number of thioether (sulfide) groups is 2. The van der Waals surface area contributed by atoms with Gasteiger partial charge in [-0.3, -0.25) is 24.1 Å². The van der Waals surface area contributed by atoms with Crippen molar-refractivity contribution in [2.75, 3.05) is 36.0 Å². The maximum Gasteiger partial charge on any atom is 0.352 e. The van der Waals surface area contributed by atoms with Gasteiger partial charge in [0.1, 0.15) is 38.5 Å². The highest BCUT2D eigenvalue weighted by atomic mass is 35.5. The maximum absolute atomic E-state index is 16.0. The Bertz CT molecular complexity index is 2190. The lowest BCUT2D eigenvalue weighted by atomic mass is 10.0. The van der Waals surface area contributed by atoms with Gasteiger partial charge in [-0.05, 0) is 48.9 Å². The Kier molecular flexibility index (Phi) is 11.1. The molecule has 20 heteroatoms. The van der Waals surface area contributed by atoms with E-state index < -0.39 is 58.0 Å². The third-order valence-corrected chi connectivity index (χ3v) is 13.4. The first-order valence-corrected chi connectivity index (χ1v) is 20.5. The number of carbonyl (C=O) groups is 5. The van der Waals surface area contributed by atoms with Gasteiger partial charge in [-0.15, -0.1) is 23.1 Å². The van der Waals surface area contributed by atoms with E-state index in [2.05, 4.69) is 16.0 Å². The molecule has 54 heavy (non-hydrogen) atoms. The number of halogens is 2. The fourth-order valence-electron chi connectivity index (χ4n) is 6.86. The molecule has 0 spiro atoms. The molecule has 7 rings (SSSR count). The Morgan fingerprint density at radius 3 is 2.59 bits per heavy atom. The van der Waals surface area contributed by atoms with E-state index in [0.29, 0.717) is 37.9 Å². The van der Waals surface area contributed by atoms with Gasteiger partial charge in [0.2, 0.25) is 17.2 Å². The number of aromatic nitrogens is 1. The van der Waals surface area contributed by atoms with E-state index in [1.54, 1.807) is 4.57 Å². The number of carbonyl (C=O) groups excluding carboxylic acids is 3. The molecular formula is C34H32ClFN6O8S4. The number of nitrogens with zero attached hydrogens (tertiary/aromatic N) is 3. The van der Waals surface area contributed by atoms with Crippen molar-refractivity contribution < 1.29 is 38.6 Å². The molecule has 3 aromatic rings. The standard InChI is InChI=1S/C34H32ClFN6O8S4/c35-24-27-19(29(45)20(32(47)48)12-40(27)16-3-4-16)9-21(36)28(24)41(17-5-6-37-11-17)23(44)14-54-34(51)38-10-15-13-53-31-25(30(46)42(31)26(15)33(49)50)39-22(43)8-18-2-1-7-52-18/h1-2,7,9,12,16-17,25,31,37H,3-6,8,10-11,13-14H2,(H,38,51)(H,39,43)(H,47,48)(H,49,50). The van der Waals surface area contributed by atoms with Crippen LogP contribution in [0, 0.1) is 5.82 Å². The van der Waals surface area contributed by atoms with Crippen LogP contribution in [-0.4, -0.2) is 102 Å². The number of thiophene rings is 1. The van der Waals surface area contributed by atoms with E-state index >= 15 is 4.39 Å². The number of thiocarbonyl (C=S) groups is 1. The Labute approximate surface area is 329 Å². The molecule has 3 atom stereocenters. The summed E-state index contributed by atoms with van der Waals surface area (Å²) in [5.41, 5.74) is -1.24. The van der Waals surface area contributed by atoms with Gasteiger partial charge >= 0.3 is 11.9 Å². The molecule has 3 amide bonds. The van der Waals surface area contributed by atoms with Gasteiger partial charge in [0.05, 0.1) is 34.1 Å². The van der Waals surface area contributed by atoms with E-state index in [0.717, 1.165) is 22.7 Å². The predicted molar refractivity (Wildman–Crippen MR) is 208 cm³/mol. The minimum atomic E-state index is -1.44. The van der Waals surface area contributed by atoms with E-state index in [-0.39, 0.29) is 68.1 Å². The number of β-lactam (4-membered cyclic amide) rings is 1. The summed E-state index contributed by atoms with van der Waals surface area (Å²) in [5.74, 6) is -5.08. The molecule has 5 N–H and O–H groups in total. The number of rotatable bonds is 12. The molecule has 4 aliphatic rings. The quantitative estimate of drug-likeness (QED) is 0.132. The highest BCUT2D eigenvalue weighted by Crippen LogP contribution is 2.43. The molecule has 0 bridgehead atoms. The molecule has 2 aromatic heterocycles. The second-order valence-corrected chi connectivity index (χ2v) is 17.2. The summed E-state index contributed by atoms with van der Waals surface area (Å²) in [7, 11) is 0. The van der Waals surface area contributed by atoms with Gasteiger partial charge in [0, 0.05) is 36.0 Å². The number of anilines is 1. The first-order valence-electron chi connectivity index (χ1n) is 16.8. The van der Waals surface area contributed by atoms with Crippen molar-refractivity contribution >= 4 is 109 Å². The zero-order chi connectivity index (χ0) is 38.4. The van der Waals surface area contributed by atoms with Crippen LogP contribution in [-0.2, 0) is 25.6 Å². The van der Waals surface area contributed by atoms with Crippen molar-refractivity contribution in [1.82, 2.24) is 25.4 Å². The SMILES string of the molecule is O=C(Cc1cccs1)NC1C(=O)N2C(C(=O)O)=C(CNC(=S)SCC(=O)N(c3c(F)cc4c(=O)c(C(=O)O)cn(C5CC5)c4c3Cl)C3CCNC3)CSC12. The van der Waals surface area contributed by atoms with Gasteiger partial charge in [-0.25, -0.2) is 14.0 Å². The molecule has 1 aromatic carbocycles. The first kappa shape index (κ1) is 38.3. The van der Waals surface area contributed by atoms with Gasteiger partial charge in [0.15, 0.2) is 0 Å². The first-order chi connectivity index (χ1) is 25.8. The van der Waals surface area contributed by atoms with Gasteiger partial charge in [0.25, 0.3) is 5.91 Å². The molecule has 1 aliphatic carbocycles. The zero-order valence-corrected chi connectivity index (χ0v) is 32.2. The van der Waals surface area contributed by atoms with Crippen LogP contribution in [0.25, 0.3) is 10.9 Å². The average molecular weight is 835 g/mol. The van der Waals surface area contributed by atoms with E-state index in [4.69, 9.17) is 23.8 Å². The largest absolute Gasteiger partial charge is 0.477 e. The molecule has 284 valence electrons. The van der Waals surface area contributed by atoms with E-state index in [1.165, 1.54) is 39.1 Å². The normalized spacial score (nSPS) is 20.7. The van der Waals surface area contributed by atoms with Crippen LogP contribution in [0.15, 0.2) is 45.8 Å². The van der Waals surface area contributed by atoms with Crippen LogP contribution in [0.3, 0.4) is 0 Å². The highest BCUT2D eigenvalue weighted by molar-refractivity contribution is 8.23. The Balaban J connectivity index is 1.05. The van der Waals surface area contributed by atoms with Crippen LogP contribution < -0.4 is 26.3 Å². The summed E-state index contributed by atoms with van der Waals surface area (Å²) in [4.78, 5) is 80.1. The minimum Gasteiger partial charge on any atom is -0.477 e. The molecular weight excluding hydrogens is 803 g/mol. The highest BCUT2D eigenvalue weighted by Gasteiger charge is 2.54. The second kappa shape index (κ2) is 15.6. The zero-order valence-electron chi connectivity index (χ0n) is 28.1. The minimum absolute atomic E-state index is 0.0288. The fourth-order valence-corrected chi connectivity index (χ4v) is 10.1. The van der Waals surface area contributed by atoms with Crippen molar-refractivity contribution in [2.45, 2.75) is 49.2 Å². The topological polar surface area (TPSA) is 190 Å². The van der Waals surface area contributed by atoms with Crippen molar-refractivity contribution in [3.63, 3.8) is 0 Å². The second-order valence-electron chi connectivity index (χ2n) is 13.0. The maximum atomic E-state index is 16.0. The molecule has 5 heterocycles. The van der Waals surface area contributed by atoms with Crippen LogP contribution >= 0.6 is 58.7 Å². The van der Waals surface area contributed by atoms with Gasteiger partial charge in [-0.1, -0.05) is 41.6 Å². The number of hydrogen-bond acceptors (Lipinski definition) is 11. The average Bonchev–Trinajstić information content (AvgIpc) is 3.58. The lowest BCUT2D eigenvalue weighted by Crippen LogP contribution is -2.70. The number of aliphatic carboxylic acids is 1. The summed E-state index contributed by atoms with van der Waals surface area (Å²) in [6.07, 6.45) is 3.25. The number of carboxylic acids is 2. The Morgan fingerprint density at radius 2 is 1.94 bits per heavy atom. The fraction of sp³-hybridized carbons (Fsp3) is 0.382. The van der Waals surface area contributed by atoms with E-state index in [9.17, 15) is 39.0 Å². The molecule has 3 fully saturated rings. The number of hydrogen-bond donors (Lipinski definition) is 5. The van der Waals surface area contributed by atoms with Gasteiger partial charge in [-0.2, -0.15) is 0 Å². The third kappa shape index (κ3) is 7.36. The molecule has 0 radical (unpaired) electrons. The molecule has 2 saturated heterocycles. The number of benzene rings is 1. The third-order valence-electron chi connectivity index (χ3n) is 9.52. The number of carboxylic acid groups (broad SMARTS) is 2. The monoisotopic (exact) mass is 834 g/mol. The summed E-state index contributed by atoms with van der Waals surface area (Å²) in [6, 6.07) is 3.11. The number of fused-ring (bicyclic) bond motifs is 2. The van der Waals surface area contributed by atoms with Crippen molar-refractivity contribution in [3.05, 3.63) is 72.5 Å². The Hall–Kier alpha value is -4.01. The van der Waals surface area contributed by atoms with Crippen LogP contribution in [0.5, 0.6) is 0 Å².